The second-order valence-corrected chi connectivity index (χ2v) is 10.6. The molecule has 142 valence electrons. The predicted molar refractivity (Wildman–Crippen MR) is 100 cm³/mol. The number of aliphatic hydroxyl groups is 1. The first-order chi connectivity index (χ1) is 12.2. The van der Waals surface area contributed by atoms with Gasteiger partial charge >= 0.3 is 0 Å². The normalized spacial score (nSPS) is 55.9. The number of fused-ring (bicyclic) bond motifs is 2. The summed E-state index contributed by atoms with van der Waals surface area (Å²) in [5.41, 5.74) is 0. The van der Waals surface area contributed by atoms with E-state index >= 15 is 0 Å². The lowest BCUT2D eigenvalue weighted by molar-refractivity contribution is 0.0566. The lowest BCUT2D eigenvalue weighted by Crippen LogP contribution is -2.38. The second-order valence-electron chi connectivity index (χ2n) is 10.6. The average Bonchev–Trinajstić information content (AvgIpc) is 3.42. The number of hydrogen-bond donors (Lipinski definition) is 1. The van der Waals surface area contributed by atoms with Crippen molar-refractivity contribution in [2.75, 3.05) is 0 Å². The van der Waals surface area contributed by atoms with Gasteiger partial charge in [0.1, 0.15) is 0 Å². The molecule has 1 saturated heterocycles. The molecule has 0 aromatic heterocycles. The quantitative estimate of drug-likeness (QED) is 0.699. The maximum Gasteiger partial charge on any atom is 0.0875 e. The Balaban J connectivity index is 1.17. The van der Waals surface area contributed by atoms with Crippen molar-refractivity contribution in [2.24, 2.45) is 41.4 Å². The largest absolute Gasteiger partial charge is 0.393 e. The summed E-state index contributed by atoms with van der Waals surface area (Å²) in [6.45, 7) is 2.47. The van der Waals surface area contributed by atoms with Gasteiger partial charge in [0.25, 0.3) is 0 Å². The number of ether oxygens (including phenoxy) is 1. The zero-order valence-corrected chi connectivity index (χ0v) is 16.1. The third-order valence-electron chi connectivity index (χ3n) is 9.11. The Kier molecular flexibility index (Phi) is 4.65. The summed E-state index contributed by atoms with van der Waals surface area (Å²) in [5, 5.41) is 9.79. The maximum atomic E-state index is 9.79. The lowest BCUT2D eigenvalue weighted by atomic mass is 9.60. The van der Waals surface area contributed by atoms with Gasteiger partial charge in [-0.25, -0.2) is 0 Å². The van der Waals surface area contributed by atoms with E-state index in [1.807, 2.05) is 0 Å². The minimum atomic E-state index is -0.0168. The minimum absolute atomic E-state index is 0.0168. The van der Waals surface area contributed by atoms with Crippen LogP contribution in [0.15, 0.2) is 0 Å². The first kappa shape index (κ1) is 17.0. The zero-order valence-electron chi connectivity index (χ0n) is 16.1. The van der Waals surface area contributed by atoms with E-state index in [1.165, 1.54) is 64.2 Å². The maximum absolute atomic E-state index is 9.79. The number of rotatable bonds is 2. The first-order valence-corrected chi connectivity index (χ1v) is 11.5. The van der Waals surface area contributed by atoms with Crippen molar-refractivity contribution in [3.05, 3.63) is 0 Å². The standard InChI is InChI=1S/C23H38O2/c1-14-2-3-17-13-18(5-4-16(17)12-14)21-11-10-20(22-23(21)25-22)15-6-8-19(24)9-7-15/h14-24H,2-13H2,1H3. The Morgan fingerprint density at radius 3 is 1.92 bits per heavy atom. The molecule has 1 aliphatic heterocycles. The molecule has 5 aliphatic rings. The van der Waals surface area contributed by atoms with Crippen molar-refractivity contribution in [1.29, 1.82) is 0 Å². The Bertz CT molecular complexity index is 469. The third kappa shape index (κ3) is 3.31. The zero-order chi connectivity index (χ0) is 17.0. The summed E-state index contributed by atoms with van der Waals surface area (Å²) in [6.07, 6.45) is 17.6. The van der Waals surface area contributed by atoms with Gasteiger partial charge in [-0.05, 0) is 112 Å². The molecule has 0 aromatic carbocycles. The number of aliphatic hydroxyl groups excluding tert-OH is 1. The Morgan fingerprint density at radius 2 is 1.16 bits per heavy atom. The van der Waals surface area contributed by atoms with Gasteiger partial charge in [-0.1, -0.05) is 13.3 Å². The van der Waals surface area contributed by atoms with E-state index in [1.54, 1.807) is 0 Å². The number of hydrogen-bond acceptors (Lipinski definition) is 2. The molecule has 8 unspecified atom stereocenters. The van der Waals surface area contributed by atoms with Crippen LogP contribution in [-0.4, -0.2) is 23.4 Å². The first-order valence-electron chi connectivity index (χ1n) is 11.5. The van der Waals surface area contributed by atoms with Crippen molar-refractivity contribution < 1.29 is 9.84 Å². The molecular formula is C23H38O2. The van der Waals surface area contributed by atoms with E-state index in [-0.39, 0.29) is 6.10 Å². The van der Waals surface area contributed by atoms with E-state index in [0.717, 1.165) is 54.3 Å². The van der Waals surface area contributed by atoms with Gasteiger partial charge in [-0.2, -0.15) is 0 Å². The molecule has 25 heavy (non-hydrogen) atoms. The topological polar surface area (TPSA) is 32.8 Å². The van der Waals surface area contributed by atoms with Gasteiger partial charge in [0.15, 0.2) is 0 Å². The number of epoxide rings is 1. The van der Waals surface area contributed by atoms with Crippen LogP contribution in [0.4, 0.5) is 0 Å². The molecule has 0 bridgehead atoms. The molecule has 4 aliphatic carbocycles. The summed E-state index contributed by atoms with van der Waals surface area (Å²) in [4.78, 5) is 0. The van der Waals surface area contributed by atoms with Crippen LogP contribution in [0.5, 0.6) is 0 Å². The molecule has 1 N–H and O–H groups in total. The van der Waals surface area contributed by atoms with Crippen LogP contribution in [-0.2, 0) is 4.74 Å². The van der Waals surface area contributed by atoms with E-state index in [0.29, 0.717) is 12.2 Å². The molecule has 2 heteroatoms. The van der Waals surface area contributed by atoms with Gasteiger partial charge in [0, 0.05) is 0 Å². The SMILES string of the molecule is CC1CCC2CC(C3CCC(C4CCC(O)CC4)C4OC34)CCC2C1. The summed E-state index contributed by atoms with van der Waals surface area (Å²) >= 11 is 0. The molecule has 0 spiro atoms. The van der Waals surface area contributed by atoms with Crippen LogP contribution < -0.4 is 0 Å². The van der Waals surface area contributed by atoms with E-state index in [9.17, 15) is 5.11 Å². The van der Waals surface area contributed by atoms with Gasteiger partial charge in [0.05, 0.1) is 18.3 Å². The molecule has 8 atom stereocenters. The summed E-state index contributed by atoms with van der Waals surface area (Å²) in [5.74, 6) is 6.61. The minimum Gasteiger partial charge on any atom is -0.393 e. The fraction of sp³-hybridized carbons (Fsp3) is 1.00. The smallest absolute Gasteiger partial charge is 0.0875 e. The predicted octanol–water partition coefficient (Wildman–Crippen LogP) is 5.18. The van der Waals surface area contributed by atoms with Crippen molar-refractivity contribution in [3.8, 4) is 0 Å². The highest BCUT2D eigenvalue weighted by Crippen LogP contribution is 2.55. The molecule has 5 rings (SSSR count). The third-order valence-corrected chi connectivity index (χ3v) is 9.11. The highest BCUT2D eigenvalue weighted by molar-refractivity contribution is 5.04. The van der Waals surface area contributed by atoms with Crippen LogP contribution in [0.1, 0.15) is 84.0 Å². The van der Waals surface area contributed by atoms with Crippen LogP contribution in [0.25, 0.3) is 0 Å². The highest BCUT2D eigenvalue weighted by Gasteiger charge is 2.56. The molecule has 0 amide bonds. The Hall–Kier alpha value is -0.0800. The van der Waals surface area contributed by atoms with Crippen molar-refractivity contribution in [2.45, 2.75) is 102 Å². The van der Waals surface area contributed by atoms with E-state index in [2.05, 4.69) is 6.92 Å². The van der Waals surface area contributed by atoms with Crippen LogP contribution in [0.2, 0.25) is 0 Å². The second kappa shape index (κ2) is 6.82. The lowest BCUT2D eigenvalue weighted by Gasteiger charge is -2.44. The molecule has 2 nitrogen and oxygen atoms in total. The molecular weight excluding hydrogens is 308 g/mol. The van der Waals surface area contributed by atoms with Gasteiger partial charge in [0.2, 0.25) is 0 Å². The molecule has 0 radical (unpaired) electrons. The van der Waals surface area contributed by atoms with Gasteiger partial charge < -0.3 is 9.84 Å². The van der Waals surface area contributed by atoms with E-state index < -0.39 is 0 Å². The molecule has 5 fully saturated rings. The summed E-state index contributed by atoms with van der Waals surface area (Å²) < 4.78 is 6.33. The highest BCUT2D eigenvalue weighted by atomic mass is 16.6. The molecule has 4 saturated carbocycles. The fourth-order valence-corrected chi connectivity index (χ4v) is 7.63. The Labute approximate surface area is 154 Å². The fourth-order valence-electron chi connectivity index (χ4n) is 7.63. The van der Waals surface area contributed by atoms with E-state index in [4.69, 9.17) is 4.74 Å². The molecule has 0 aromatic rings. The van der Waals surface area contributed by atoms with Crippen molar-refractivity contribution >= 4 is 0 Å². The monoisotopic (exact) mass is 346 g/mol. The van der Waals surface area contributed by atoms with Crippen molar-refractivity contribution in [1.82, 2.24) is 0 Å². The van der Waals surface area contributed by atoms with Crippen LogP contribution in [0, 0.1) is 41.4 Å². The molecule has 1 heterocycles. The average molecular weight is 347 g/mol. The van der Waals surface area contributed by atoms with Gasteiger partial charge in [-0.3, -0.25) is 0 Å². The van der Waals surface area contributed by atoms with Crippen LogP contribution in [0.3, 0.4) is 0 Å². The van der Waals surface area contributed by atoms with Gasteiger partial charge in [-0.15, -0.1) is 0 Å². The Morgan fingerprint density at radius 1 is 0.600 bits per heavy atom. The summed E-state index contributed by atoms with van der Waals surface area (Å²) in [7, 11) is 0. The van der Waals surface area contributed by atoms with Crippen LogP contribution >= 0.6 is 0 Å². The van der Waals surface area contributed by atoms with Crippen molar-refractivity contribution in [3.63, 3.8) is 0 Å². The summed E-state index contributed by atoms with van der Waals surface area (Å²) in [6, 6.07) is 0.